The zero-order valence-corrected chi connectivity index (χ0v) is 16.4. The second-order valence-electron chi connectivity index (χ2n) is 7.65. The maximum Gasteiger partial charge on any atom is 0.322 e. The van der Waals surface area contributed by atoms with Gasteiger partial charge in [0.05, 0.1) is 7.11 Å². The van der Waals surface area contributed by atoms with Crippen molar-refractivity contribution in [2.45, 2.75) is 11.5 Å². The monoisotopic (exact) mass is 413 g/mol. The van der Waals surface area contributed by atoms with Gasteiger partial charge in [-0.1, -0.05) is 30.3 Å². The number of nitro groups is 1. The number of likely N-dealkylation sites (tertiary alicyclic amines) is 1. The van der Waals surface area contributed by atoms with Crippen molar-refractivity contribution in [2.24, 2.45) is 5.41 Å². The zero-order valence-electron chi connectivity index (χ0n) is 16.4. The molecule has 9 heteroatoms. The third-order valence-corrected chi connectivity index (χ3v) is 6.36. The van der Waals surface area contributed by atoms with Gasteiger partial charge in [0.2, 0.25) is 6.54 Å². The number of halogens is 1. The van der Waals surface area contributed by atoms with E-state index < -0.39 is 46.0 Å². The Morgan fingerprint density at radius 1 is 1.30 bits per heavy atom. The number of carbonyl (C=O) groups is 2. The summed E-state index contributed by atoms with van der Waals surface area (Å²) < 4.78 is 18.6. The van der Waals surface area contributed by atoms with Gasteiger partial charge in [0.1, 0.15) is 5.82 Å². The summed E-state index contributed by atoms with van der Waals surface area (Å²) >= 11 is 0. The number of fused-ring (bicyclic) bond motifs is 2. The van der Waals surface area contributed by atoms with Crippen LogP contribution < -0.4 is 5.32 Å². The summed E-state index contributed by atoms with van der Waals surface area (Å²) in [6.45, 7) is -0.663. The van der Waals surface area contributed by atoms with E-state index in [-0.39, 0.29) is 6.54 Å². The first-order chi connectivity index (χ1) is 14.3. The minimum Gasteiger partial charge on any atom is -0.468 e. The summed E-state index contributed by atoms with van der Waals surface area (Å²) in [5.74, 6) is -2.63. The molecule has 156 valence electrons. The van der Waals surface area contributed by atoms with Gasteiger partial charge in [-0.2, -0.15) is 0 Å². The number of benzene rings is 2. The first-order valence-electron chi connectivity index (χ1n) is 9.37. The Bertz CT molecular complexity index is 1040. The van der Waals surface area contributed by atoms with Crippen LogP contribution in [0.15, 0.2) is 48.5 Å². The highest BCUT2D eigenvalue weighted by atomic mass is 19.1. The van der Waals surface area contributed by atoms with Gasteiger partial charge in [-0.05, 0) is 30.8 Å². The van der Waals surface area contributed by atoms with Crippen LogP contribution in [-0.4, -0.2) is 48.9 Å². The number of hydrogen-bond acceptors (Lipinski definition) is 6. The van der Waals surface area contributed by atoms with Crippen molar-refractivity contribution >= 4 is 17.6 Å². The summed E-state index contributed by atoms with van der Waals surface area (Å²) in [6, 6.07) is 12.3. The van der Waals surface area contributed by atoms with E-state index in [1.165, 1.54) is 24.3 Å². The molecule has 2 aliphatic heterocycles. The van der Waals surface area contributed by atoms with Crippen LogP contribution >= 0.6 is 0 Å². The molecule has 0 radical (unpaired) electrons. The molecule has 0 unspecified atom stereocenters. The van der Waals surface area contributed by atoms with Crippen LogP contribution in [0.2, 0.25) is 0 Å². The summed E-state index contributed by atoms with van der Waals surface area (Å²) in [5.41, 5.74) is -2.03. The van der Waals surface area contributed by atoms with E-state index in [0.29, 0.717) is 16.8 Å². The lowest BCUT2D eigenvalue weighted by Crippen LogP contribution is -2.61. The summed E-state index contributed by atoms with van der Waals surface area (Å²) in [5, 5.41) is 14.6. The number of carbonyl (C=O) groups excluding carboxylic acids is 2. The second kappa shape index (κ2) is 6.88. The molecule has 1 saturated heterocycles. The van der Waals surface area contributed by atoms with Crippen molar-refractivity contribution < 1.29 is 23.6 Å². The highest BCUT2D eigenvalue weighted by molar-refractivity contribution is 6.10. The Kier molecular flexibility index (Phi) is 4.58. The van der Waals surface area contributed by atoms with E-state index in [4.69, 9.17) is 4.74 Å². The standard InChI is InChI=1S/C21H20FN3O5/c1-24-11-16(13-7-9-14(22)10-8-13)20(12-25(28)29,19(27)30-2)21(24)15-5-3-4-6-17(15)23-18(21)26/h3-10,16H,11-12H2,1-2H3,(H,23,26)/t16-,20+,21+/m1/s1. The van der Waals surface area contributed by atoms with Crippen LogP contribution in [0.5, 0.6) is 0 Å². The molecule has 2 aromatic rings. The lowest BCUT2D eigenvalue weighted by Gasteiger charge is -2.42. The first-order valence-corrected chi connectivity index (χ1v) is 9.37. The molecule has 2 heterocycles. The average Bonchev–Trinajstić information content (AvgIpc) is 3.16. The minimum atomic E-state index is -1.87. The maximum absolute atomic E-state index is 13.6. The van der Waals surface area contributed by atoms with Gasteiger partial charge >= 0.3 is 5.97 Å². The number of anilines is 1. The van der Waals surface area contributed by atoms with Gasteiger partial charge in [0, 0.05) is 28.6 Å². The smallest absolute Gasteiger partial charge is 0.322 e. The fraction of sp³-hybridized carbons (Fsp3) is 0.333. The molecule has 2 aromatic carbocycles. The van der Waals surface area contributed by atoms with E-state index >= 15 is 0 Å². The van der Waals surface area contributed by atoms with Crippen LogP contribution in [0, 0.1) is 21.3 Å². The molecule has 3 atom stereocenters. The molecule has 0 aromatic heterocycles. The molecule has 8 nitrogen and oxygen atoms in total. The minimum absolute atomic E-state index is 0.163. The third kappa shape index (κ3) is 2.41. The summed E-state index contributed by atoms with van der Waals surface area (Å²) in [6.07, 6.45) is 0. The maximum atomic E-state index is 13.6. The Morgan fingerprint density at radius 3 is 2.60 bits per heavy atom. The predicted molar refractivity (Wildman–Crippen MR) is 105 cm³/mol. The van der Waals surface area contributed by atoms with E-state index in [1.807, 2.05) is 0 Å². The number of esters is 1. The number of amides is 1. The molecule has 1 spiro atoms. The third-order valence-electron chi connectivity index (χ3n) is 6.36. The number of hydrogen-bond donors (Lipinski definition) is 1. The largest absolute Gasteiger partial charge is 0.468 e. The van der Waals surface area contributed by atoms with Gasteiger partial charge in [-0.25, -0.2) is 4.39 Å². The van der Waals surface area contributed by atoms with E-state index in [1.54, 1.807) is 36.2 Å². The molecule has 1 amide bonds. The second-order valence-corrected chi connectivity index (χ2v) is 7.65. The SMILES string of the molecule is COC(=O)[C@]1(C[N+](=O)[O-])[C@@H](c2ccc(F)cc2)CN(C)[C@@]12C(=O)Nc1ccccc12. The van der Waals surface area contributed by atoms with Crippen molar-refractivity contribution in [3.8, 4) is 0 Å². The number of nitrogens with zero attached hydrogens (tertiary/aromatic N) is 2. The number of methoxy groups -OCH3 is 1. The molecule has 4 rings (SSSR count). The summed E-state index contributed by atoms with van der Waals surface area (Å²) in [7, 11) is 2.80. The number of rotatable bonds is 4. The van der Waals surface area contributed by atoms with Gasteiger partial charge < -0.3 is 10.1 Å². The number of para-hydroxylation sites is 1. The average molecular weight is 413 g/mol. The Morgan fingerprint density at radius 2 is 1.97 bits per heavy atom. The summed E-state index contributed by atoms with van der Waals surface area (Å²) in [4.78, 5) is 39.8. The fourth-order valence-electron chi connectivity index (χ4n) is 5.27. The Balaban J connectivity index is 2.06. The quantitative estimate of drug-likeness (QED) is 0.468. The molecule has 1 fully saturated rings. The van der Waals surface area contributed by atoms with Crippen LogP contribution in [-0.2, 0) is 19.9 Å². The molecule has 30 heavy (non-hydrogen) atoms. The molecule has 0 bridgehead atoms. The van der Waals surface area contributed by atoms with Crippen LogP contribution in [0.4, 0.5) is 10.1 Å². The van der Waals surface area contributed by atoms with Crippen LogP contribution in [0.1, 0.15) is 17.0 Å². The van der Waals surface area contributed by atoms with Crippen molar-refractivity contribution in [1.82, 2.24) is 4.90 Å². The Hall–Kier alpha value is -3.33. The molecule has 1 N–H and O–H groups in total. The number of nitrogens with one attached hydrogen (secondary N) is 1. The van der Waals surface area contributed by atoms with E-state index in [0.717, 1.165) is 7.11 Å². The van der Waals surface area contributed by atoms with E-state index in [9.17, 15) is 24.1 Å². The highest BCUT2D eigenvalue weighted by Gasteiger charge is 2.77. The van der Waals surface area contributed by atoms with Crippen LogP contribution in [0.3, 0.4) is 0 Å². The van der Waals surface area contributed by atoms with Crippen LogP contribution in [0.25, 0.3) is 0 Å². The van der Waals surface area contributed by atoms with Gasteiger partial charge in [0.25, 0.3) is 5.91 Å². The number of likely N-dealkylation sites (N-methyl/N-ethyl adjacent to an activating group) is 1. The normalized spacial score (nSPS) is 27.7. The lowest BCUT2D eigenvalue weighted by atomic mass is 9.60. The Labute approximate surface area is 171 Å². The fourth-order valence-corrected chi connectivity index (χ4v) is 5.27. The lowest BCUT2D eigenvalue weighted by molar-refractivity contribution is -0.497. The molecular formula is C21H20FN3O5. The molecular weight excluding hydrogens is 393 g/mol. The molecule has 2 aliphatic rings. The van der Waals surface area contributed by atoms with Crippen molar-refractivity contribution in [3.05, 3.63) is 75.6 Å². The first kappa shape index (κ1) is 20.0. The predicted octanol–water partition coefficient (Wildman–Crippen LogP) is 2.14. The van der Waals surface area contributed by atoms with Gasteiger partial charge in [-0.15, -0.1) is 0 Å². The van der Waals surface area contributed by atoms with Gasteiger partial charge in [0.15, 0.2) is 11.0 Å². The molecule has 0 saturated carbocycles. The van der Waals surface area contributed by atoms with Crippen molar-refractivity contribution in [3.63, 3.8) is 0 Å². The zero-order chi connectivity index (χ0) is 21.7. The molecule has 0 aliphatic carbocycles. The van der Waals surface area contributed by atoms with Crippen molar-refractivity contribution in [2.75, 3.05) is 32.6 Å². The number of ether oxygens (including phenoxy) is 1. The topological polar surface area (TPSA) is 102 Å². The van der Waals surface area contributed by atoms with Crippen molar-refractivity contribution in [1.29, 1.82) is 0 Å². The highest BCUT2D eigenvalue weighted by Crippen LogP contribution is 2.62. The van der Waals surface area contributed by atoms with E-state index in [2.05, 4.69) is 5.32 Å². The van der Waals surface area contributed by atoms with Gasteiger partial charge in [-0.3, -0.25) is 24.6 Å².